The molecule has 14 heteroatoms. The van der Waals surface area contributed by atoms with Crippen molar-refractivity contribution in [3.63, 3.8) is 0 Å². The van der Waals surface area contributed by atoms with E-state index in [0.29, 0.717) is 41.6 Å². The number of unbranched alkanes of at least 4 members (excludes halogenated alkanes) is 1. The van der Waals surface area contributed by atoms with E-state index < -0.39 is 48.2 Å². The number of hydrogen-bond acceptors (Lipinski definition) is 10. The zero-order valence-electron chi connectivity index (χ0n) is 20.2. The van der Waals surface area contributed by atoms with Crippen molar-refractivity contribution in [2.24, 2.45) is 11.5 Å². The topological polar surface area (TPSA) is 195 Å². The lowest BCUT2D eigenvalue weighted by atomic mass is 10.2. The van der Waals surface area contributed by atoms with E-state index in [1.54, 1.807) is 6.92 Å². The third kappa shape index (κ3) is 9.16. The molecule has 12 nitrogen and oxygen atoms in total. The molecule has 3 unspecified atom stereocenters. The number of aliphatic carboxylic acids is 1. The molecule has 2 aromatic heterocycles. The first-order valence-corrected chi connectivity index (χ1v) is 13.3. The van der Waals surface area contributed by atoms with Gasteiger partial charge >= 0.3 is 5.97 Å². The maximum Gasteiger partial charge on any atom is 0.320 e. The molecule has 200 valence electrons. The van der Waals surface area contributed by atoms with Gasteiger partial charge in [0.2, 0.25) is 6.41 Å². The minimum atomic E-state index is -1.53. The van der Waals surface area contributed by atoms with Crippen LogP contribution in [0.25, 0.3) is 11.2 Å². The molecule has 0 amide bonds. The molecule has 0 saturated carbocycles. The smallest absolute Gasteiger partial charge is 0.320 e. The number of carboxylic acid groups (broad SMARTS) is 1. The summed E-state index contributed by atoms with van der Waals surface area (Å²) in [4.78, 5) is 23.5. The highest BCUT2D eigenvalue weighted by Gasteiger charge is 2.31. The number of alkyl halides is 1. The number of nitrogens with zero attached hydrogens (tertiary/aromatic N) is 4. The highest BCUT2D eigenvalue weighted by Crippen LogP contribution is 2.22. The molecule has 0 saturated heterocycles. The SMILES string of the molecule is C[C@@H](O)C(C[S+](CC#CCCCN)CCC(N)C(=O)O)O[C@H](O)n1cnc2c(NCCF)ncnc21. The molecule has 2 heterocycles. The van der Waals surface area contributed by atoms with Crippen LogP contribution in [0, 0.1) is 11.8 Å². The van der Waals surface area contributed by atoms with Gasteiger partial charge in [0.1, 0.15) is 43.0 Å². The van der Waals surface area contributed by atoms with Crippen molar-refractivity contribution < 1.29 is 29.2 Å². The molecule has 36 heavy (non-hydrogen) atoms. The number of aliphatic hydroxyl groups excluding tert-OH is 2. The molecular weight excluding hydrogens is 493 g/mol. The van der Waals surface area contributed by atoms with Crippen molar-refractivity contribution in [3.05, 3.63) is 12.7 Å². The number of nitrogens with two attached hydrogens (primary N) is 2. The van der Waals surface area contributed by atoms with E-state index in [1.165, 1.54) is 17.2 Å². The van der Waals surface area contributed by atoms with Crippen LogP contribution >= 0.6 is 0 Å². The Morgan fingerprint density at radius 2 is 2.11 bits per heavy atom. The Bertz CT molecular complexity index is 1020. The predicted octanol–water partition coefficient (Wildman–Crippen LogP) is -0.415. The first-order valence-electron chi connectivity index (χ1n) is 11.6. The van der Waals surface area contributed by atoms with Gasteiger partial charge in [0.05, 0.1) is 6.10 Å². The highest BCUT2D eigenvalue weighted by molar-refractivity contribution is 7.97. The molecule has 0 aliphatic rings. The number of halogens is 1. The molecule has 0 aliphatic heterocycles. The van der Waals surface area contributed by atoms with Crippen LogP contribution < -0.4 is 16.8 Å². The lowest BCUT2D eigenvalue weighted by Crippen LogP contribution is -2.39. The Kier molecular flexibility index (Phi) is 12.8. The summed E-state index contributed by atoms with van der Waals surface area (Å²) in [6, 6.07) is -1.00. The molecule has 0 bridgehead atoms. The molecule has 0 radical (unpaired) electrons. The van der Waals surface area contributed by atoms with E-state index >= 15 is 0 Å². The second-order valence-corrected chi connectivity index (χ2v) is 10.3. The average molecular weight is 529 g/mol. The summed E-state index contributed by atoms with van der Waals surface area (Å²) in [7, 11) is -0.456. The average Bonchev–Trinajstić information content (AvgIpc) is 3.29. The second kappa shape index (κ2) is 15.5. The number of imidazole rings is 1. The normalized spacial score (nSPS) is 15.5. The van der Waals surface area contributed by atoms with Crippen molar-refractivity contribution in [1.82, 2.24) is 19.5 Å². The fourth-order valence-electron chi connectivity index (χ4n) is 3.12. The first kappa shape index (κ1) is 29.7. The molecule has 0 spiro atoms. The second-order valence-electron chi connectivity index (χ2n) is 8.01. The van der Waals surface area contributed by atoms with E-state index in [1.807, 2.05) is 0 Å². The van der Waals surface area contributed by atoms with Gasteiger partial charge in [0.15, 0.2) is 22.7 Å². The number of rotatable bonds is 16. The predicted molar refractivity (Wildman–Crippen MR) is 136 cm³/mol. The third-order valence-corrected chi connectivity index (χ3v) is 7.33. The van der Waals surface area contributed by atoms with Crippen molar-refractivity contribution >= 4 is 33.8 Å². The molecular formula is C22H35FN7O5S+. The fraction of sp³-hybridized carbons (Fsp3) is 0.636. The number of carboxylic acids is 1. The largest absolute Gasteiger partial charge is 0.480 e. The number of aliphatic hydroxyl groups is 2. The third-order valence-electron chi connectivity index (χ3n) is 5.16. The van der Waals surface area contributed by atoms with Gasteiger partial charge < -0.3 is 36.8 Å². The van der Waals surface area contributed by atoms with Crippen molar-refractivity contribution in [1.29, 1.82) is 0 Å². The quantitative estimate of drug-likeness (QED) is 0.0717. The molecule has 0 aliphatic carbocycles. The Morgan fingerprint density at radius 3 is 2.78 bits per heavy atom. The number of anilines is 1. The Balaban J connectivity index is 2.14. The molecule has 0 aromatic carbocycles. The van der Waals surface area contributed by atoms with Gasteiger partial charge in [0, 0.05) is 30.3 Å². The van der Waals surface area contributed by atoms with Crippen molar-refractivity contribution in [3.8, 4) is 11.8 Å². The van der Waals surface area contributed by atoms with Crippen molar-refractivity contribution in [2.45, 2.75) is 50.8 Å². The summed E-state index contributed by atoms with van der Waals surface area (Å²) >= 11 is 0. The van der Waals surface area contributed by atoms with Crippen LogP contribution in [0.3, 0.4) is 0 Å². The van der Waals surface area contributed by atoms with Gasteiger partial charge in [-0.25, -0.2) is 19.3 Å². The summed E-state index contributed by atoms with van der Waals surface area (Å²) in [5, 5.41) is 33.1. The van der Waals surface area contributed by atoms with Crippen molar-refractivity contribution in [2.75, 3.05) is 42.3 Å². The summed E-state index contributed by atoms with van der Waals surface area (Å²) in [5.74, 6) is 6.68. The highest BCUT2D eigenvalue weighted by atomic mass is 32.2. The summed E-state index contributed by atoms with van der Waals surface area (Å²) < 4.78 is 19.6. The Hall–Kier alpha value is -2.54. The van der Waals surface area contributed by atoms with Gasteiger partial charge in [0.25, 0.3) is 0 Å². The van der Waals surface area contributed by atoms with E-state index in [9.17, 15) is 19.4 Å². The lowest BCUT2D eigenvalue weighted by molar-refractivity contribution is -0.195. The van der Waals surface area contributed by atoms with Crippen LogP contribution in [0.2, 0.25) is 0 Å². The Labute approximate surface area is 212 Å². The number of ether oxygens (including phenoxy) is 1. The summed E-state index contributed by atoms with van der Waals surface area (Å²) in [6.45, 7) is 1.54. The minimum Gasteiger partial charge on any atom is -0.480 e. The molecule has 8 N–H and O–H groups in total. The van der Waals surface area contributed by atoms with Crippen LogP contribution in [-0.2, 0) is 20.4 Å². The maximum atomic E-state index is 12.5. The molecule has 2 aromatic rings. The van der Waals surface area contributed by atoms with Crippen LogP contribution in [0.15, 0.2) is 12.7 Å². The monoisotopic (exact) mass is 528 g/mol. The van der Waals surface area contributed by atoms with Gasteiger partial charge in [-0.2, -0.15) is 0 Å². The van der Waals surface area contributed by atoms with Crippen LogP contribution in [0.5, 0.6) is 0 Å². The number of hydrogen-bond donors (Lipinski definition) is 6. The van der Waals surface area contributed by atoms with Crippen LogP contribution in [0.4, 0.5) is 10.2 Å². The van der Waals surface area contributed by atoms with Gasteiger partial charge in [-0.15, -0.1) is 0 Å². The number of fused-ring (bicyclic) bond motifs is 1. The number of nitrogens with one attached hydrogen (secondary N) is 1. The molecule has 5 atom stereocenters. The van der Waals surface area contributed by atoms with E-state index in [-0.39, 0.29) is 18.6 Å². The maximum absolute atomic E-state index is 12.5. The zero-order chi connectivity index (χ0) is 26.5. The van der Waals surface area contributed by atoms with E-state index in [2.05, 4.69) is 32.1 Å². The van der Waals surface area contributed by atoms with E-state index in [0.717, 1.165) is 6.42 Å². The zero-order valence-corrected chi connectivity index (χ0v) is 21.0. The summed E-state index contributed by atoms with van der Waals surface area (Å²) in [5.41, 5.74) is 11.8. The summed E-state index contributed by atoms with van der Waals surface area (Å²) in [6.07, 6.45) is 0.998. The lowest BCUT2D eigenvalue weighted by Gasteiger charge is -2.24. The standard InChI is InChI=1S/C22H34FN7O5S/c1-15(31)17(12-36(10-5-3-2-4-8-24)11-6-16(25)21(32)33)35-22(34)30-14-29-18-19(26-9-7-23)27-13-28-20(18)30/h13-17,22,31,34H,2,4,6-12,24-25H2,1H3,(H-,26,27,28,32,33)/p+1/t15-,16?,17?,22+,36?/m1/s1. The first-order chi connectivity index (χ1) is 17.3. The van der Waals surface area contributed by atoms with Crippen LogP contribution in [0.1, 0.15) is 32.6 Å². The Morgan fingerprint density at radius 1 is 1.33 bits per heavy atom. The number of carbonyl (C=O) groups is 1. The molecule has 2 rings (SSSR count). The van der Waals surface area contributed by atoms with Gasteiger partial charge in [-0.1, -0.05) is 5.92 Å². The number of aromatic nitrogens is 4. The fourth-order valence-corrected chi connectivity index (χ4v) is 5.26. The van der Waals surface area contributed by atoms with Gasteiger partial charge in [-0.05, 0) is 25.8 Å². The van der Waals surface area contributed by atoms with E-state index in [4.69, 9.17) is 21.3 Å². The minimum absolute atomic E-state index is 0.0467. The van der Waals surface area contributed by atoms with Crippen LogP contribution in [-0.4, -0.2) is 96.1 Å². The molecule has 0 fully saturated rings. The van der Waals surface area contributed by atoms with Gasteiger partial charge in [-0.3, -0.25) is 9.36 Å².